The maximum atomic E-state index is 13.7. The molecule has 8 heteroatoms. The zero-order chi connectivity index (χ0) is 17.9. The second-order valence-corrected chi connectivity index (χ2v) is 7.11. The van der Waals surface area contributed by atoms with Crippen LogP contribution < -0.4 is 4.74 Å². The lowest BCUT2D eigenvalue weighted by Crippen LogP contribution is -2.43. The second-order valence-electron chi connectivity index (χ2n) is 6.08. The van der Waals surface area contributed by atoms with Crippen molar-refractivity contribution in [3.05, 3.63) is 64.8 Å². The number of nitrogens with zero attached hydrogens (tertiary/aromatic N) is 4. The van der Waals surface area contributed by atoms with E-state index in [1.165, 1.54) is 18.3 Å². The van der Waals surface area contributed by atoms with E-state index in [1.807, 2.05) is 22.1 Å². The van der Waals surface area contributed by atoms with Gasteiger partial charge in [0.1, 0.15) is 6.61 Å². The van der Waals surface area contributed by atoms with Gasteiger partial charge < -0.3 is 14.2 Å². The second kappa shape index (κ2) is 7.25. The van der Waals surface area contributed by atoms with Crippen LogP contribution in [0.3, 0.4) is 0 Å². The lowest BCUT2D eigenvalue weighted by Gasteiger charge is -2.34. The molecule has 0 radical (unpaired) electrons. The fourth-order valence-corrected chi connectivity index (χ4v) is 3.73. The van der Waals surface area contributed by atoms with E-state index < -0.39 is 5.82 Å². The van der Waals surface area contributed by atoms with E-state index >= 15 is 0 Å². The molecule has 26 heavy (non-hydrogen) atoms. The molecule has 134 valence electrons. The van der Waals surface area contributed by atoms with Crippen LogP contribution in [0.4, 0.5) is 4.39 Å². The van der Waals surface area contributed by atoms with E-state index in [0.717, 1.165) is 10.6 Å². The lowest BCUT2D eigenvalue weighted by molar-refractivity contribution is -0.132. The minimum Gasteiger partial charge on any atom is -0.473 e. The van der Waals surface area contributed by atoms with Crippen LogP contribution in [-0.2, 0) is 17.8 Å². The molecule has 6 nitrogen and oxygen atoms in total. The smallest absolute Gasteiger partial charge is 0.250 e. The molecule has 0 saturated carbocycles. The van der Waals surface area contributed by atoms with Crippen molar-refractivity contribution in [2.75, 3.05) is 13.2 Å². The van der Waals surface area contributed by atoms with E-state index in [1.54, 1.807) is 28.8 Å². The average molecular weight is 372 g/mol. The van der Waals surface area contributed by atoms with Crippen LogP contribution >= 0.6 is 11.3 Å². The molecule has 1 aliphatic rings. The molecule has 4 heterocycles. The van der Waals surface area contributed by atoms with Crippen LogP contribution in [0.25, 0.3) is 0 Å². The molecule has 0 fully saturated rings. The number of rotatable bonds is 5. The number of thiophene rings is 1. The Balaban J connectivity index is 1.47. The van der Waals surface area contributed by atoms with Gasteiger partial charge in [0.25, 0.3) is 0 Å². The summed E-state index contributed by atoms with van der Waals surface area (Å²) in [5, 5.41) is 1.96. The molecule has 3 aromatic heterocycles. The van der Waals surface area contributed by atoms with Crippen LogP contribution in [0.1, 0.15) is 16.6 Å². The first-order valence-corrected chi connectivity index (χ1v) is 9.13. The summed E-state index contributed by atoms with van der Waals surface area (Å²) >= 11 is 1.57. The Morgan fingerprint density at radius 2 is 2.31 bits per heavy atom. The van der Waals surface area contributed by atoms with Crippen molar-refractivity contribution in [2.24, 2.45) is 0 Å². The molecule has 1 atom stereocenters. The summed E-state index contributed by atoms with van der Waals surface area (Å²) in [4.78, 5) is 23.6. The van der Waals surface area contributed by atoms with Gasteiger partial charge in [-0.25, -0.2) is 14.4 Å². The van der Waals surface area contributed by atoms with E-state index in [-0.39, 0.29) is 24.4 Å². The molecule has 0 N–H and O–H groups in total. The van der Waals surface area contributed by atoms with Crippen molar-refractivity contribution in [2.45, 2.75) is 19.0 Å². The largest absolute Gasteiger partial charge is 0.473 e. The molecule has 1 amide bonds. The number of aromatic nitrogens is 3. The van der Waals surface area contributed by atoms with E-state index in [0.29, 0.717) is 19.5 Å². The van der Waals surface area contributed by atoms with Crippen molar-refractivity contribution in [1.29, 1.82) is 0 Å². The maximum Gasteiger partial charge on any atom is 0.250 e. The first kappa shape index (κ1) is 16.7. The number of halogens is 1. The summed E-state index contributed by atoms with van der Waals surface area (Å²) in [7, 11) is 0. The van der Waals surface area contributed by atoms with E-state index in [9.17, 15) is 9.18 Å². The number of ether oxygens (including phenoxy) is 1. The fraction of sp³-hybridized carbons (Fsp3) is 0.278. The number of carbonyl (C=O) groups is 1. The normalized spacial score (nSPS) is 16.3. The van der Waals surface area contributed by atoms with Crippen molar-refractivity contribution in [1.82, 2.24) is 19.4 Å². The molecule has 0 bridgehead atoms. The highest BCUT2D eigenvalue weighted by Gasteiger charge is 2.28. The molecule has 3 aromatic rings. The van der Waals surface area contributed by atoms with E-state index in [2.05, 4.69) is 9.97 Å². The zero-order valence-electron chi connectivity index (χ0n) is 13.9. The van der Waals surface area contributed by atoms with E-state index in [4.69, 9.17) is 4.74 Å². The molecular formula is C18H17FN4O2S. The van der Waals surface area contributed by atoms with Crippen LogP contribution in [0.5, 0.6) is 5.88 Å². The Morgan fingerprint density at radius 1 is 1.38 bits per heavy atom. The summed E-state index contributed by atoms with van der Waals surface area (Å²) in [6.07, 6.45) is 5.34. The average Bonchev–Trinajstić information content (AvgIpc) is 3.32. The third kappa shape index (κ3) is 3.45. The van der Waals surface area contributed by atoms with Crippen LogP contribution in [0.2, 0.25) is 0 Å². The van der Waals surface area contributed by atoms with Crippen molar-refractivity contribution >= 4 is 17.2 Å². The number of amides is 1. The summed E-state index contributed by atoms with van der Waals surface area (Å²) < 4.78 is 21.3. The summed E-state index contributed by atoms with van der Waals surface area (Å²) in [6.45, 7) is 1.21. The Hall–Kier alpha value is -2.74. The van der Waals surface area contributed by atoms with Gasteiger partial charge >= 0.3 is 0 Å². The van der Waals surface area contributed by atoms with Gasteiger partial charge in [-0.15, -0.1) is 11.3 Å². The Kier molecular flexibility index (Phi) is 4.66. The molecule has 0 spiro atoms. The van der Waals surface area contributed by atoms with Gasteiger partial charge in [0, 0.05) is 23.8 Å². The van der Waals surface area contributed by atoms with Gasteiger partial charge in [-0.1, -0.05) is 6.07 Å². The van der Waals surface area contributed by atoms with Gasteiger partial charge in [-0.05, 0) is 23.6 Å². The molecule has 0 unspecified atom stereocenters. The van der Waals surface area contributed by atoms with Gasteiger partial charge in [-0.3, -0.25) is 4.79 Å². The Bertz CT molecular complexity index is 896. The van der Waals surface area contributed by atoms with Gasteiger partial charge in [0.2, 0.25) is 11.8 Å². The monoisotopic (exact) mass is 372 g/mol. The summed E-state index contributed by atoms with van der Waals surface area (Å²) in [5.74, 6) is -0.468. The third-order valence-corrected chi connectivity index (χ3v) is 5.20. The Labute approximate surface area is 153 Å². The zero-order valence-corrected chi connectivity index (χ0v) is 14.7. The lowest BCUT2D eigenvalue weighted by atomic mass is 10.1. The topological polar surface area (TPSA) is 60.2 Å². The SMILES string of the molecule is O=C(Cc1cccs1)N1Cc2cncn2[C@@H](COc2ncccc2F)C1. The number of pyridine rings is 1. The molecule has 0 aliphatic carbocycles. The number of imidazole rings is 1. The summed E-state index contributed by atoms with van der Waals surface area (Å²) in [5.41, 5.74) is 0.936. The predicted octanol–water partition coefficient (Wildman–Crippen LogP) is 2.68. The molecule has 1 aliphatic heterocycles. The Morgan fingerprint density at radius 3 is 3.12 bits per heavy atom. The number of hydrogen-bond donors (Lipinski definition) is 0. The maximum absolute atomic E-state index is 13.7. The standard InChI is InChI=1S/C18H17FN4O2S/c19-16-4-1-5-21-18(16)25-11-14-10-22(9-13-8-20-12-23(13)14)17(24)7-15-3-2-6-26-15/h1-6,8,12,14H,7,9-11H2/t14-/m1/s1. The first-order chi connectivity index (χ1) is 12.7. The number of carbonyl (C=O) groups excluding carboxylic acids is 1. The number of fused-ring (bicyclic) bond motifs is 1. The minimum absolute atomic E-state index is 0.0313. The van der Waals surface area contributed by atoms with Gasteiger partial charge in [0.05, 0.1) is 31.0 Å². The molecular weight excluding hydrogens is 355 g/mol. The molecule has 4 rings (SSSR count). The van der Waals surface area contributed by atoms with Gasteiger partial charge in [0.15, 0.2) is 5.82 Å². The molecule has 0 saturated heterocycles. The van der Waals surface area contributed by atoms with Crippen molar-refractivity contribution < 1.29 is 13.9 Å². The van der Waals surface area contributed by atoms with Crippen molar-refractivity contribution in [3.8, 4) is 5.88 Å². The van der Waals surface area contributed by atoms with Crippen molar-refractivity contribution in [3.63, 3.8) is 0 Å². The van der Waals surface area contributed by atoms with Crippen LogP contribution in [0.15, 0.2) is 48.4 Å². The van der Waals surface area contributed by atoms with Crippen LogP contribution in [0, 0.1) is 5.82 Å². The van der Waals surface area contributed by atoms with Crippen LogP contribution in [-0.4, -0.2) is 38.5 Å². The predicted molar refractivity (Wildman–Crippen MR) is 94.4 cm³/mol. The quantitative estimate of drug-likeness (QED) is 0.691. The highest BCUT2D eigenvalue weighted by atomic mass is 32.1. The molecule has 0 aromatic carbocycles. The fourth-order valence-electron chi connectivity index (χ4n) is 3.04. The van der Waals surface area contributed by atoms with Gasteiger partial charge in [-0.2, -0.15) is 0 Å². The number of hydrogen-bond acceptors (Lipinski definition) is 5. The highest BCUT2D eigenvalue weighted by Crippen LogP contribution is 2.23. The summed E-state index contributed by atoms with van der Waals surface area (Å²) in [6, 6.07) is 6.58. The third-order valence-electron chi connectivity index (χ3n) is 4.32. The highest BCUT2D eigenvalue weighted by molar-refractivity contribution is 7.10. The minimum atomic E-state index is -0.500. The first-order valence-electron chi connectivity index (χ1n) is 8.25.